The smallest absolute Gasteiger partial charge is 0.191 e. The van der Waals surface area contributed by atoms with E-state index in [1.807, 2.05) is 24.3 Å². The van der Waals surface area contributed by atoms with Crippen LogP contribution in [0, 0.1) is 0 Å². The number of rotatable bonds is 8. The van der Waals surface area contributed by atoms with Gasteiger partial charge >= 0.3 is 0 Å². The first-order chi connectivity index (χ1) is 12.7. The van der Waals surface area contributed by atoms with Gasteiger partial charge in [0, 0.05) is 31.6 Å². The van der Waals surface area contributed by atoms with Crippen molar-refractivity contribution in [3.8, 4) is 0 Å². The van der Waals surface area contributed by atoms with E-state index in [2.05, 4.69) is 50.1 Å². The zero-order valence-electron chi connectivity index (χ0n) is 15.5. The van der Waals surface area contributed by atoms with Crippen molar-refractivity contribution in [1.29, 1.82) is 0 Å². The lowest BCUT2D eigenvalue weighted by Gasteiger charge is -2.23. The highest BCUT2D eigenvalue weighted by Crippen LogP contribution is 2.32. The quantitative estimate of drug-likeness (QED) is 0.684. The molecular formula is C18H27N7S. The monoisotopic (exact) mass is 373 g/mol. The van der Waals surface area contributed by atoms with Gasteiger partial charge in [-0.15, -0.1) is 11.8 Å². The van der Waals surface area contributed by atoms with Gasteiger partial charge in [-0.25, -0.2) is 9.98 Å². The summed E-state index contributed by atoms with van der Waals surface area (Å²) in [5.41, 5.74) is 1.97. The molecule has 0 spiro atoms. The first-order valence-electron chi connectivity index (χ1n) is 9.07. The fourth-order valence-electron chi connectivity index (χ4n) is 2.84. The molecule has 2 aliphatic heterocycles. The lowest BCUT2D eigenvalue weighted by atomic mass is 10.2. The zero-order chi connectivity index (χ0) is 18.4. The van der Waals surface area contributed by atoms with E-state index in [-0.39, 0.29) is 0 Å². The molecule has 0 radical (unpaired) electrons. The number of aliphatic imine (C=N–C) groups is 2. The van der Waals surface area contributed by atoms with Crippen LogP contribution < -0.4 is 15.5 Å². The van der Waals surface area contributed by atoms with Crippen LogP contribution in [-0.4, -0.2) is 53.8 Å². The molecule has 140 valence electrons. The molecule has 0 bridgehead atoms. The number of hydrogen-bond donors (Lipinski definition) is 2. The Labute approximate surface area is 159 Å². The van der Waals surface area contributed by atoms with Crippen molar-refractivity contribution in [2.24, 2.45) is 17.0 Å². The molecule has 0 aromatic carbocycles. The van der Waals surface area contributed by atoms with Gasteiger partial charge in [0.1, 0.15) is 5.69 Å². The van der Waals surface area contributed by atoms with E-state index in [0.29, 0.717) is 0 Å². The van der Waals surface area contributed by atoms with Gasteiger partial charge < -0.3 is 20.1 Å². The van der Waals surface area contributed by atoms with Crippen LogP contribution in [0.3, 0.4) is 0 Å². The molecule has 3 rings (SSSR count). The molecule has 0 aliphatic carbocycles. The lowest BCUT2D eigenvalue weighted by molar-refractivity contribution is 0.760. The number of allylic oxidation sites excluding steroid dienone is 1. The van der Waals surface area contributed by atoms with Gasteiger partial charge in [0.05, 0.1) is 24.9 Å². The minimum atomic E-state index is 0.854. The number of nitrogens with zero attached hydrogens (tertiary/aromatic N) is 5. The normalized spacial score (nSPS) is 17.2. The Hall–Kier alpha value is -2.22. The van der Waals surface area contributed by atoms with Crippen LogP contribution in [-0.2, 0) is 7.05 Å². The Balaban J connectivity index is 1.62. The zero-order valence-corrected chi connectivity index (χ0v) is 16.3. The molecule has 3 heterocycles. The number of aryl methyl sites for hydroxylation is 1. The molecule has 1 aromatic rings. The summed E-state index contributed by atoms with van der Waals surface area (Å²) in [6.07, 6.45) is 7.89. The van der Waals surface area contributed by atoms with E-state index in [1.165, 1.54) is 0 Å². The van der Waals surface area contributed by atoms with Gasteiger partial charge in [0.2, 0.25) is 0 Å². The maximum atomic E-state index is 4.66. The highest BCUT2D eigenvalue weighted by Gasteiger charge is 2.22. The number of guanidine groups is 1. The predicted molar refractivity (Wildman–Crippen MR) is 112 cm³/mol. The van der Waals surface area contributed by atoms with Crippen molar-refractivity contribution < 1.29 is 0 Å². The van der Waals surface area contributed by atoms with E-state index in [4.69, 9.17) is 0 Å². The minimum absolute atomic E-state index is 0.854. The summed E-state index contributed by atoms with van der Waals surface area (Å²) >= 11 is 1.77. The summed E-state index contributed by atoms with van der Waals surface area (Å²) in [7, 11) is 2.01. The fourth-order valence-corrected chi connectivity index (χ4v) is 3.50. The number of imidazole rings is 1. The van der Waals surface area contributed by atoms with Gasteiger partial charge in [-0.2, -0.15) is 0 Å². The van der Waals surface area contributed by atoms with Crippen LogP contribution >= 0.6 is 11.8 Å². The van der Waals surface area contributed by atoms with Crippen molar-refractivity contribution in [2.75, 3.05) is 36.8 Å². The van der Waals surface area contributed by atoms with Gasteiger partial charge in [-0.1, -0.05) is 13.5 Å². The second-order valence-electron chi connectivity index (χ2n) is 6.25. The van der Waals surface area contributed by atoms with Crippen LogP contribution in [0.15, 0.2) is 33.9 Å². The second kappa shape index (κ2) is 8.93. The van der Waals surface area contributed by atoms with Gasteiger partial charge in [-0.3, -0.25) is 4.99 Å². The van der Waals surface area contributed by atoms with E-state index < -0.39 is 0 Å². The molecule has 0 saturated carbocycles. The molecule has 2 aliphatic rings. The van der Waals surface area contributed by atoms with Crippen molar-refractivity contribution in [3.63, 3.8) is 0 Å². The van der Waals surface area contributed by atoms with E-state index in [1.54, 1.807) is 11.8 Å². The van der Waals surface area contributed by atoms with Crippen LogP contribution in [0.2, 0.25) is 0 Å². The molecule has 2 N–H and O–H groups in total. The third-order valence-corrected chi connectivity index (χ3v) is 5.20. The number of nitrogens with one attached hydrogen (secondary N) is 2. The average Bonchev–Trinajstić information content (AvgIpc) is 3.29. The third-order valence-electron chi connectivity index (χ3n) is 4.10. The number of anilines is 1. The average molecular weight is 374 g/mol. The number of aromatic nitrogens is 2. The summed E-state index contributed by atoms with van der Waals surface area (Å²) in [5.74, 6) is 2.94. The molecular weight excluding hydrogens is 346 g/mol. The summed E-state index contributed by atoms with van der Waals surface area (Å²) in [6, 6.07) is 0. The number of thioether (sulfide) groups is 1. The Morgan fingerprint density at radius 2 is 2.38 bits per heavy atom. The number of hydrogen-bond acceptors (Lipinski definition) is 7. The Morgan fingerprint density at radius 1 is 1.50 bits per heavy atom. The first-order valence-corrected chi connectivity index (χ1v) is 10.1. The molecule has 7 nitrogen and oxygen atoms in total. The largest absolute Gasteiger partial charge is 0.356 e. The molecule has 0 amide bonds. The highest BCUT2D eigenvalue weighted by molar-refractivity contribution is 8.03. The Morgan fingerprint density at radius 3 is 3.15 bits per heavy atom. The first kappa shape index (κ1) is 18.6. The third kappa shape index (κ3) is 4.49. The van der Waals surface area contributed by atoms with Crippen molar-refractivity contribution in [1.82, 2.24) is 20.2 Å². The highest BCUT2D eigenvalue weighted by atomic mass is 32.2. The van der Waals surface area contributed by atoms with Crippen molar-refractivity contribution >= 4 is 35.6 Å². The van der Waals surface area contributed by atoms with Gasteiger partial charge in [-0.05, 0) is 24.7 Å². The van der Waals surface area contributed by atoms with E-state index in [9.17, 15) is 0 Å². The summed E-state index contributed by atoms with van der Waals surface area (Å²) < 4.78 is 2.03. The molecule has 8 heteroatoms. The number of fused-ring (bicyclic) bond motifs is 1. The standard InChI is InChI=1S/C18H27N7S/c1-4-10-26-14(2)11-15-16-17(23-12-24(16)3)25(13-22-15)9-5-6-19-18-20-7-8-21-18/h11-13H,2,4-10H2,1,3H3,(H2,19,20,21). The Bertz CT molecular complexity index is 732. The summed E-state index contributed by atoms with van der Waals surface area (Å²) in [6.45, 7) is 9.81. The van der Waals surface area contributed by atoms with Crippen LogP contribution in [0.1, 0.15) is 25.5 Å². The minimum Gasteiger partial charge on any atom is -0.356 e. The molecule has 0 atom stereocenters. The van der Waals surface area contributed by atoms with E-state index in [0.717, 1.165) is 72.8 Å². The van der Waals surface area contributed by atoms with Crippen molar-refractivity contribution in [3.05, 3.63) is 29.6 Å². The molecule has 26 heavy (non-hydrogen) atoms. The van der Waals surface area contributed by atoms with Gasteiger partial charge in [0.15, 0.2) is 11.8 Å². The molecule has 0 saturated heterocycles. The fraction of sp³-hybridized carbons (Fsp3) is 0.500. The SMILES string of the molecule is C=C(C=C1N=CN(CCCNC2=NCCN2)c2ncn(C)c21)SCCC. The van der Waals surface area contributed by atoms with Crippen molar-refractivity contribution in [2.45, 2.75) is 19.8 Å². The molecule has 0 unspecified atom stereocenters. The van der Waals surface area contributed by atoms with Crippen LogP contribution in [0.25, 0.3) is 5.70 Å². The van der Waals surface area contributed by atoms with Crippen LogP contribution in [0.5, 0.6) is 0 Å². The van der Waals surface area contributed by atoms with Gasteiger partial charge in [0.25, 0.3) is 0 Å². The molecule has 0 fully saturated rings. The molecule has 1 aromatic heterocycles. The second-order valence-corrected chi connectivity index (χ2v) is 7.47. The topological polar surface area (TPSA) is 69.8 Å². The maximum Gasteiger partial charge on any atom is 0.191 e. The maximum absolute atomic E-state index is 4.66. The lowest BCUT2D eigenvalue weighted by Crippen LogP contribution is -2.36. The summed E-state index contributed by atoms with van der Waals surface area (Å²) in [4.78, 5) is 16.7. The van der Waals surface area contributed by atoms with Crippen LogP contribution in [0.4, 0.5) is 5.82 Å². The predicted octanol–water partition coefficient (Wildman–Crippen LogP) is 2.21. The Kier molecular flexibility index (Phi) is 6.38. The summed E-state index contributed by atoms with van der Waals surface area (Å²) in [5, 5.41) is 6.54. The van der Waals surface area contributed by atoms with E-state index >= 15 is 0 Å².